The molecule has 0 N–H and O–H groups in total. The number of halogens is 2. The predicted octanol–water partition coefficient (Wildman–Crippen LogP) is 5.54. The van der Waals surface area contributed by atoms with Crippen LogP contribution in [0.2, 0.25) is 0 Å². The number of fused-ring (bicyclic) bond motifs is 3. The molecule has 0 radical (unpaired) electrons. The van der Waals surface area contributed by atoms with Gasteiger partial charge in [-0.1, -0.05) is 54.2 Å². The zero-order chi connectivity index (χ0) is 23.8. The van der Waals surface area contributed by atoms with E-state index in [-0.39, 0.29) is 11.3 Å². The number of hydrogen-bond donors (Lipinski definition) is 0. The van der Waals surface area contributed by atoms with E-state index in [1.54, 1.807) is 28.8 Å². The van der Waals surface area contributed by atoms with E-state index in [1.165, 1.54) is 17.8 Å². The molecule has 2 aromatic heterocycles. The Hall–Kier alpha value is -3.72. The number of alkyl halides is 2. The van der Waals surface area contributed by atoms with Gasteiger partial charge in [0.1, 0.15) is 5.75 Å². The Morgan fingerprint density at radius 1 is 1.00 bits per heavy atom. The SMILES string of the molecule is Cc1ccc(C)c(-n2c(=O)c3ccccc3n3c(SCc4ccccc4OC(F)F)nnc23)c1. The topological polar surface area (TPSA) is 61.4 Å². The van der Waals surface area contributed by atoms with Crippen LogP contribution >= 0.6 is 11.8 Å². The van der Waals surface area contributed by atoms with Gasteiger partial charge in [0.15, 0.2) is 5.16 Å². The molecule has 5 aromatic rings. The third-order valence-electron chi connectivity index (χ3n) is 5.55. The predicted molar refractivity (Wildman–Crippen MR) is 128 cm³/mol. The van der Waals surface area contributed by atoms with Crippen molar-refractivity contribution in [2.24, 2.45) is 0 Å². The summed E-state index contributed by atoms with van der Waals surface area (Å²) in [5, 5.41) is 9.79. The van der Waals surface area contributed by atoms with Crippen molar-refractivity contribution >= 4 is 28.4 Å². The van der Waals surface area contributed by atoms with Gasteiger partial charge < -0.3 is 4.74 Å². The molecule has 0 atom stereocenters. The summed E-state index contributed by atoms with van der Waals surface area (Å²) in [5.41, 5.74) is 3.78. The summed E-state index contributed by atoms with van der Waals surface area (Å²) in [6.45, 7) is 1.01. The molecule has 3 aromatic carbocycles. The van der Waals surface area contributed by atoms with Crippen LogP contribution in [-0.2, 0) is 5.75 Å². The van der Waals surface area contributed by atoms with Crippen LogP contribution in [-0.4, -0.2) is 25.8 Å². The van der Waals surface area contributed by atoms with Crippen LogP contribution in [0.15, 0.2) is 76.7 Å². The largest absolute Gasteiger partial charge is 0.435 e. The first-order chi connectivity index (χ1) is 16.4. The third-order valence-corrected chi connectivity index (χ3v) is 6.52. The van der Waals surface area contributed by atoms with Crippen LogP contribution < -0.4 is 10.3 Å². The van der Waals surface area contributed by atoms with Gasteiger partial charge in [-0.05, 0) is 49.2 Å². The minimum atomic E-state index is -2.91. The van der Waals surface area contributed by atoms with Crippen molar-refractivity contribution in [3.05, 3.63) is 93.8 Å². The molecule has 5 rings (SSSR count). The molecule has 0 saturated carbocycles. The molecule has 172 valence electrons. The molecule has 34 heavy (non-hydrogen) atoms. The number of aromatic nitrogens is 4. The summed E-state index contributed by atoms with van der Waals surface area (Å²) in [5.74, 6) is 0.841. The van der Waals surface area contributed by atoms with Crippen molar-refractivity contribution < 1.29 is 13.5 Å². The summed E-state index contributed by atoms with van der Waals surface area (Å²) in [7, 11) is 0. The molecule has 2 heterocycles. The van der Waals surface area contributed by atoms with Gasteiger partial charge in [0, 0.05) is 11.3 Å². The monoisotopic (exact) mass is 478 g/mol. The highest BCUT2D eigenvalue weighted by Crippen LogP contribution is 2.30. The zero-order valence-corrected chi connectivity index (χ0v) is 19.2. The number of para-hydroxylation sites is 2. The molecule has 0 aliphatic heterocycles. The molecule has 0 bridgehead atoms. The van der Waals surface area contributed by atoms with Crippen molar-refractivity contribution in [2.75, 3.05) is 0 Å². The number of benzene rings is 3. The minimum absolute atomic E-state index is 0.121. The normalized spacial score (nSPS) is 11.6. The molecule has 6 nitrogen and oxygen atoms in total. The van der Waals surface area contributed by atoms with Gasteiger partial charge in [-0.25, -0.2) is 4.57 Å². The van der Waals surface area contributed by atoms with Crippen LogP contribution in [0, 0.1) is 13.8 Å². The highest BCUT2D eigenvalue weighted by Gasteiger charge is 2.19. The van der Waals surface area contributed by atoms with E-state index in [0.717, 1.165) is 16.8 Å². The summed E-state index contributed by atoms with van der Waals surface area (Å²) >= 11 is 1.33. The Morgan fingerprint density at radius 3 is 2.59 bits per heavy atom. The maximum Gasteiger partial charge on any atom is 0.387 e. The average molecular weight is 479 g/mol. The molecule has 0 aliphatic rings. The smallest absolute Gasteiger partial charge is 0.387 e. The molecule has 0 fully saturated rings. The van der Waals surface area contributed by atoms with Gasteiger partial charge in [-0.15, -0.1) is 10.2 Å². The molecule has 0 unspecified atom stereocenters. The lowest BCUT2D eigenvalue weighted by atomic mass is 10.1. The van der Waals surface area contributed by atoms with E-state index in [1.807, 2.05) is 54.6 Å². The Morgan fingerprint density at radius 2 is 1.76 bits per heavy atom. The van der Waals surface area contributed by atoms with E-state index in [4.69, 9.17) is 0 Å². The van der Waals surface area contributed by atoms with E-state index in [2.05, 4.69) is 14.9 Å². The number of nitrogens with zero attached hydrogens (tertiary/aromatic N) is 4. The van der Waals surface area contributed by atoms with Crippen molar-refractivity contribution in [2.45, 2.75) is 31.4 Å². The van der Waals surface area contributed by atoms with Crippen LogP contribution in [0.3, 0.4) is 0 Å². The number of rotatable bonds is 6. The second-order valence-electron chi connectivity index (χ2n) is 7.84. The highest BCUT2D eigenvalue weighted by molar-refractivity contribution is 7.98. The lowest BCUT2D eigenvalue weighted by Gasteiger charge is -2.14. The van der Waals surface area contributed by atoms with Crippen molar-refractivity contribution in [3.63, 3.8) is 0 Å². The first kappa shape index (κ1) is 22.1. The van der Waals surface area contributed by atoms with E-state index >= 15 is 0 Å². The summed E-state index contributed by atoms with van der Waals surface area (Å²) < 4.78 is 33.7. The van der Waals surface area contributed by atoms with Crippen LogP contribution in [0.5, 0.6) is 5.75 Å². The molecular formula is C25H20F2N4O2S. The van der Waals surface area contributed by atoms with Crippen LogP contribution in [0.1, 0.15) is 16.7 Å². The molecule has 0 aliphatic carbocycles. The molecule has 0 spiro atoms. The summed E-state index contributed by atoms with van der Waals surface area (Å²) in [6, 6.07) is 19.9. The van der Waals surface area contributed by atoms with Gasteiger partial charge in [0.05, 0.1) is 16.6 Å². The van der Waals surface area contributed by atoms with Gasteiger partial charge in [0.25, 0.3) is 5.56 Å². The lowest BCUT2D eigenvalue weighted by Crippen LogP contribution is -2.22. The van der Waals surface area contributed by atoms with E-state index in [9.17, 15) is 13.6 Å². The first-order valence-electron chi connectivity index (χ1n) is 10.6. The Balaban J connectivity index is 1.67. The number of thioether (sulfide) groups is 1. The summed E-state index contributed by atoms with van der Waals surface area (Å²) in [6.07, 6.45) is 0. The van der Waals surface area contributed by atoms with Crippen molar-refractivity contribution in [1.82, 2.24) is 19.2 Å². The molecule has 0 saturated heterocycles. The average Bonchev–Trinajstić information content (AvgIpc) is 3.24. The second kappa shape index (κ2) is 8.90. The van der Waals surface area contributed by atoms with Crippen LogP contribution in [0.25, 0.3) is 22.4 Å². The Bertz CT molecular complexity index is 1580. The van der Waals surface area contributed by atoms with Crippen LogP contribution in [0.4, 0.5) is 8.78 Å². The lowest BCUT2D eigenvalue weighted by molar-refractivity contribution is -0.0503. The van der Waals surface area contributed by atoms with Crippen molar-refractivity contribution in [1.29, 1.82) is 0 Å². The fourth-order valence-corrected chi connectivity index (χ4v) is 4.86. The fourth-order valence-electron chi connectivity index (χ4n) is 3.93. The third kappa shape index (κ3) is 3.92. The van der Waals surface area contributed by atoms with Gasteiger partial charge >= 0.3 is 6.61 Å². The maximum absolute atomic E-state index is 13.5. The zero-order valence-electron chi connectivity index (χ0n) is 18.4. The quantitative estimate of drug-likeness (QED) is 0.300. The second-order valence-corrected chi connectivity index (χ2v) is 8.78. The van der Waals surface area contributed by atoms with E-state index < -0.39 is 6.61 Å². The Labute approximate surface area is 197 Å². The van der Waals surface area contributed by atoms with E-state index in [0.29, 0.717) is 33.2 Å². The highest BCUT2D eigenvalue weighted by atomic mass is 32.2. The fraction of sp³-hybridized carbons (Fsp3) is 0.160. The van der Waals surface area contributed by atoms with Gasteiger partial charge in [-0.3, -0.25) is 9.20 Å². The molecule has 0 amide bonds. The number of aryl methyl sites for hydroxylation is 2. The molecule has 9 heteroatoms. The first-order valence-corrected chi connectivity index (χ1v) is 11.5. The molecular weight excluding hydrogens is 458 g/mol. The van der Waals surface area contributed by atoms with Gasteiger partial charge in [0.2, 0.25) is 5.78 Å². The van der Waals surface area contributed by atoms with Gasteiger partial charge in [-0.2, -0.15) is 8.78 Å². The van der Waals surface area contributed by atoms with Crippen molar-refractivity contribution in [3.8, 4) is 11.4 Å². The minimum Gasteiger partial charge on any atom is -0.435 e. The Kier molecular flexibility index (Phi) is 5.79. The number of hydrogen-bond acceptors (Lipinski definition) is 5. The summed E-state index contributed by atoms with van der Waals surface area (Å²) in [4.78, 5) is 13.5. The number of ether oxygens (including phenoxy) is 1. The maximum atomic E-state index is 13.5. The standard InChI is InChI=1S/C25H20F2N4O2S/c1-15-11-12-16(2)20(13-15)30-22(32)18-8-4-5-9-19(18)31-24(30)28-29-25(31)34-14-17-7-3-6-10-21(17)33-23(26)27/h3-13,23H,14H2,1-2H3.